The molecule has 0 saturated heterocycles. The molecule has 1 atom stereocenters. The second kappa shape index (κ2) is 10.6. The fourth-order valence-electron chi connectivity index (χ4n) is 4.16. The third-order valence-corrected chi connectivity index (χ3v) is 5.86. The second-order valence-corrected chi connectivity index (χ2v) is 8.12. The van der Waals surface area contributed by atoms with Crippen LogP contribution in [0.15, 0.2) is 79.5 Å². The summed E-state index contributed by atoms with van der Waals surface area (Å²) in [6.45, 7) is 3.81. The molecule has 1 unspecified atom stereocenters. The standard InChI is InChI=1S/C27H25N3O5/c1-2-3-12-23(25(31)29-17-13-14-24(26(32)33)28-15-17)30-27(34)35-16-22-20-10-6-4-8-18(20)19-9-5-7-11-21(19)22/h2,4-11,13-15,22-23H,1,3,12,16H2,(H,29,31)(H,30,34)(H,32,33). The van der Waals surface area contributed by atoms with Gasteiger partial charge in [-0.15, -0.1) is 6.58 Å². The van der Waals surface area contributed by atoms with Crippen molar-refractivity contribution >= 4 is 23.7 Å². The summed E-state index contributed by atoms with van der Waals surface area (Å²) in [5.74, 6) is -1.72. The molecule has 4 rings (SSSR count). The van der Waals surface area contributed by atoms with Crippen LogP contribution in [-0.4, -0.2) is 40.7 Å². The van der Waals surface area contributed by atoms with Crippen LogP contribution in [-0.2, 0) is 9.53 Å². The molecule has 8 heteroatoms. The summed E-state index contributed by atoms with van der Waals surface area (Å²) >= 11 is 0. The Hall–Kier alpha value is -4.46. The summed E-state index contributed by atoms with van der Waals surface area (Å²) in [5.41, 5.74) is 4.63. The molecule has 1 aliphatic carbocycles. The number of carbonyl (C=O) groups excluding carboxylic acids is 2. The Bertz CT molecular complexity index is 1210. The first-order chi connectivity index (χ1) is 17.0. The summed E-state index contributed by atoms with van der Waals surface area (Å²) in [6, 6.07) is 17.9. The minimum atomic E-state index is -1.16. The van der Waals surface area contributed by atoms with Gasteiger partial charge in [0.15, 0.2) is 0 Å². The minimum Gasteiger partial charge on any atom is -0.477 e. The molecule has 1 aliphatic rings. The number of nitrogens with zero attached hydrogens (tertiary/aromatic N) is 1. The largest absolute Gasteiger partial charge is 0.477 e. The van der Waals surface area contributed by atoms with Crippen LogP contribution in [0.1, 0.15) is 40.4 Å². The number of aromatic carboxylic acids is 1. The van der Waals surface area contributed by atoms with Crippen LogP contribution < -0.4 is 10.6 Å². The van der Waals surface area contributed by atoms with E-state index in [1.165, 1.54) is 18.3 Å². The predicted octanol–water partition coefficient (Wildman–Crippen LogP) is 4.59. The molecule has 0 spiro atoms. The van der Waals surface area contributed by atoms with Gasteiger partial charge >= 0.3 is 12.1 Å². The molecule has 8 nitrogen and oxygen atoms in total. The summed E-state index contributed by atoms with van der Waals surface area (Å²) in [5, 5.41) is 14.2. The third kappa shape index (κ3) is 5.38. The van der Waals surface area contributed by atoms with Crippen molar-refractivity contribution in [3.05, 3.63) is 96.3 Å². The number of anilines is 1. The topological polar surface area (TPSA) is 118 Å². The van der Waals surface area contributed by atoms with E-state index in [1.807, 2.05) is 36.4 Å². The molecule has 0 radical (unpaired) electrons. The predicted molar refractivity (Wildman–Crippen MR) is 131 cm³/mol. The molecule has 0 fully saturated rings. The number of benzene rings is 2. The fraction of sp³-hybridized carbons (Fsp3) is 0.185. The van der Waals surface area contributed by atoms with Crippen molar-refractivity contribution in [3.63, 3.8) is 0 Å². The smallest absolute Gasteiger partial charge is 0.407 e. The number of pyridine rings is 1. The first-order valence-electron chi connectivity index (χ1n) is 11.2. The van der Waals surface area contributed by atoms with Crippen molar-refractivity contribution < 1.29 is 24.2 Å². The van der Waals surface area contributed by atoms with Gasteiger partial charge in [0.2, 0.25) is 5.91 Å². The SMILES string of the molecule is C=CCCC(NC(=O)OCC1c2ccccc2-c2ccccc21)C(=O)Nc1ccc(C(=O)O)nc1. The maximum absolute atomic E-state index is 12.8. The zero-order valence-electron chi connectivity index (χ0n) is 18.9. The quantitative estimate of drug-likeness (QED) is 0.393. The van der Waals surface area contributed by atoms with Gasteiger partial charge in [0.05, 0.1) is 11.9 Å². The Morgan fingerprint density at radius 3 is 2.26 bits per heavy atom. The molecular formula is C27H25N3O5. The number of fused-ring (bicyclic) bond motifs is 3. The molecule has 2 amide bonds. The van der Waals surface area contributed by atoms with E-state index >= 15 is 0 Å². The van der Waals surface area contributed by atoms with Crippen LogP contribution in [0.25, 0.3) is 11.1 Å². The number of carbonyl (C=O) groups is 3. The van der Waals surface area contributed by atoms with Gasteiger partial charge in [-0.2, -0.15) is 0 Å². The number of ether oxygens (including phenoxy) is 1. The number of amides is 2. The zero-order chi connectivity index (χ0) is 24.8. The van der Waals surface area contributed by atoms with E-state index in [-0.39, 0.29) is 18.2 Å². The Kier molecular flexibility index (Phi) is 7.21. The van der Waals surface area contributed by atoms with Crippen LogP contribution in [0, 0.1) is 0 Å². The molecule has 0 aliphatic heterocycles. The fourth-order valence-corrected chi connectivity index (χ4v) is 4.16. The Morgan fingerprint density at radius 2 is 1.69 bits per heavy atom. The van der Waals surface area contributed by atoms with Crippen LogP contribution in [0.2, 0.25) is 0 Å². The molecule has 0 bridgehead atoms. The van der Waals surface area contributed by atoms with Gasteiger partial charge in [0.1, 0.15) is 18.3 Å². The van der Waals surface area contributed by atoms with E-state index < -0.39 is 24.0 Å². The van der Waals surface area contributed by atoms with Gasteiger partial charge < -0.3 is 20.5 Å². The van der Waals surface area contributed by atoms with Gasteiger partial charge in [0.25, 0.3) is 0 Å². The number of nitrogens with one attached hydrogen (secondary N) is 2. The average Bonchev–Trinajstić information content (AvgIpc) is 3.19. The lowest BCUT2D eigenvalue weighted by molar-refractivity contribution is -0.118. The second-order valence-electron chi connectivity index (χ2n) is 8.12. The normalized spacial score (nSPS) is 12.7. The number of hydrogen-bond acceptors (Lipinski definition) is 5. The number of rotatable bonds is 9. The van der Waals surface area contributed by atoms with Gasteiger partial charge in [-0.1, -0.05) is 54.6 Å². The molecule has 1 aromatic heterocycles. The van der Waals surface area contributed by atoms with Crippen LogP contribution in [0.4, 0.5) is 10.5 Å². The summed E-state index contributed by atoms with van der Waals surface area (Å²) in [7, 11) is 0. The van der Waals surface area contributed by atoms with Crippen LogP contribution in [0.5, 0.6) is 0 Å². The average molecular weight is 472 g/mol. The van der Waals surface area contributed by atoms with Crippen molar-refractivity contribution in [2.45, 2.75) is 24.8 Å². The van der Waals surface area contributed by atoms with Gasteiger partial charge in [-0.25, -0.2) is 14.6 Å². The van der Waals surface area contributed by atoms with E-state index in [9.17, 15) is 14.4 Å². The van der Waals surface area contributed by atoms with Crippen molar-refractivity contribution in [2.24, 2.45) is 0 Å². The van der Waals surface area contributed by atoms with Crippen molar-refractivity contribution in [2.75, 3.05) is 11.9 Å². The number of aromatic nitrogens is 1. The maximum Gasteiger partial charge on any atom is 0.407 e. The van der Waals surface area contributed by atoms with Crippen molar-refractivity contribution in [1.82, 2.24) is 10.3 Å². The highest BCUT2D eigenvalue weighted by atomic mass is 16.5. The van der Waals surface area contributed by atoms with E-state index in [0.29, 0.717) is 18.5 Å². The minimum absolute atomic E-state index is 0.0903. The summed E-state index contributed by atoms with van der Waals surface area (Å²) in [6.07, 6.45) is 3.02. The number of alkyl carbamates (subject to hydrolysis) is 1. The number of carboxylic acid groups (broad SMARTS) is 1. The lowest BCUT2D eigenvalue weighted by Crippen LogP contribution is -2.44. The monoisotopic (exact) mass is 471 g/mol. The summed E-state index contributed by atoms with van der Waals surface area (Å²) in [4.78, 5) is 40.2. The van der Waals surface area contributed by atoms with Crippen molar-refractivity contribution in [3.8, 4) is 11.1 Å². The number of hydrogen-bond donors (Lipinski definition) is 3. The molecule has 3 aromatic rings. The summed E-state index contributed by atoms with van der Waals surface area (Å²) < 4.78 is 5.56. The van der Waals surface area contributed by atoms with E-state index in [4.69, 9.17) is 9.84 Å². The van der Waals surface area contributed by atoms with Crippen molar-refractivity contribution in [1.29, 1.82) is 0 Å². The molecule has 3 N–H and O–H groups in total. The number of carboxylic acids is 1. The highest BCUT2D eigenvalue weighted by molar-refractivity contribution is 5.96. The lowest BCUT2D eigenvalue weighted by atomic mass is 9.98. The molecule has 0 saturated carbocycles. The highest BCUT2D eigenvalue weighted by Crippen LogP contribution is 2.44. The van der Waals surface area contributed by atoms with Gasteiger partial charge in [-0.05, 0) is 47.2 Å². The van der Waals surface area contributed by atoms with Crippen LogP contribution >= 0.6 is 0 Å². The number of allylic oxidation sites excluding steroid dienone is 1. The van der Waals surface area contributed by atoms with E-state index in [1.54, 1.807) is 6.08 Å². The van der Waals surface area contributed by atoms with Crippen LogP contribution in [0.3, 0.4) is 0 Å². The first kappa shape index (κ1) is 23.7. The molecule has 2 aromatic carbocycles. The first-order valence-corrected chi connectivity index (χ1v) is 11.2. The zero-order valence-corrected chi connectivity index (χ0v) is 18.9. The van der Waals surface area contributed by atoms with Gasteiger partial charge in [-0.3, -0.25) is 4.79 Å². The molecule has 178 valence electrons. The molecular weight excluding hydrogens is 446 g/mol. The van der Waals surface area contributed by atoms with E-state index in [0.717, 1.165) is 22.3 Å². The Balaban J connectivity index is 1.40. The Morgan fingerprint density at radius 1 is 1.03 bits per heavy atom. The third-order valence-electron chi connectivity index (χ3n) is 5.86. The lowest BCUT2D eigenvalue weighted by Gasteiger charge is -2.19. The maximum atomic E-state index is 12.8. The van der Waals surface area contributed by atoms with E-state index in [2.05, 4.69) is 34.3 Å². The molecule has 1 heterocycles. The molecule has 35 heavy (non-hydrogen) atoms. The van der Waals surface area contributed by atoms with Gasteiger partial charge in [0, 0.05) is 5.92 Å². The highest BCUT2D eigenvalue weighted by Gasteiger charge is 2.29. The Labute approximate surface area is 202 Å².